The lowest BCUT2D eigenvalue weighted by Gasteiger charge is -2.43. The molecule has 1 N–H and O–H groups in total. The van der Waals surface area contributed by atoms with E-state index in [1.807, 2.05) is 6.07 Å². The summed E-state index contributed by atoms with van der Waals surface area (Å²) in [5.41, 5.74) is 0. The molecule has 1 aromatic rings. The van der Waals surface area contributed by atoms with Gasteiger partial charge in [0.25, 0.3) is 5.91 Å². The lowest BCUT2D eigenvalue weighted by molar-refractivity contribution is -0.162. The molecule has 140 valence electrons. The molecule has 1 aromatic carbocycles. The van der Waals surface area contributed by atoms with Crippen molar-refractivity contribution in [2.75, 3.05) is 13.7 Å². The van der Waals surface area contributed by atoms with Crippen molar-refractivity contribution in [1.82, 2.24) is 10.2 Å². The smallest absolute Gasteiger partial charge is 0.330 e. The van der Waals surface area contributed by atoms with Crippen molar-refractivity contribution in [3.8, 4) is 5.75 Å². The first-order valence-electron chi connectivity index (χ1n) is 8.07. The number of nitrogens with one attached hydrogen (secondary N) is 1. The fraction of sp³-hybridized carbons (Fsp3) is 0.471. The summed E-state index contributed by atoms with van der Waals surface area (Å²) in [6.45, 7) is 3.03. The van der Waals surface area contributed by atoms with E-state index in [4.69, 9.17) is 9.47 Å². The van der Waals surface area contributed by atoms with Crippen molar-refractivity contribution in [2.24, 2.45) is 0 Å². The van der Waals surface area contributed by atoms with Crippen LogP contribution in [-0.2, 0) is 29.9 Å². The normalized spacial score (nSPS) is 28.7. The van der Waals surface area contributed by atoms with Crippen LogP contribution in [0.25, 0.3) is 0 Å². The van der Waals surface area contributed by atoms with E-state index < -0.39 is 50.8 Å². The van der Waals surface area contributed by atoms with E-state index in [0.717, 1.165) is 0 Å². The van der Waals surface area contributed by atoms with Gasteiger partial charge in [0.05, 0.1) is 22.7 Å². The molecule has 8 nitrogen and oxygen atoms in total. The summed E-state index contributed by atoms with van der Waals surface area (Å²) >= 11 is 0. The first kappa shape index (κ1) is 18.4. The van der Waals surface area contributed by atoms with Crippen LogP contribution < -0.4 is 10.1 Å². The number of ether oxygens (including phenoxy) is 2. The molecule has 2 fully saturated rings. The SMILES string of the molecule is COC(=O)[C@@H]1N2C(=O)[C@@H](NC(=O)COc3ccccc3)[C@H]2S(=O)C1(C)C. The van der Waals surface area contributed by atoms with Crippen molar-refractivity contribution < 1.29 is 28.1 Å². The highest BCUT2D eigenvalue weighted by molar-refractivity contribution is 7.87. The summed E-state index contributed by atoms with van der Waals surface area (Å²) < 4.78 is 21.9. The number of hydrogen-bond donors (Lipinski definition) is 1. The molecule has 3 rings (SSSR count). The molecule has 2 aliphatic rings. The van der Waals surface area contributed by atoms with E-state index >= 15 is 0 Å². The van der Waals surface area contributed by atoms with Gasteiger partial charge in [-0.25, -0.2) is 4.79 Å². The van der Waals surface area contributed by atoms with Gasteiger partial charge in [-0.3, -0.25) is 13.8 Å². The summed E-state index contributed by atoms with van der Waals surface area (Å²) in [5.74, 6) is -1.03. The van der Waals surface area contributed by atoms with Gasteiger partial charge in [-0.1, -0.05) is 18.2 Å². The van der Waals surface area contributed by atoms with Gasteiger partial charge < -0.3 is 19.7 Å². The molecule has 4 atom stereocenters. The maximum atomic E-state index is 12.8. The number of fused-ring (bicyclic) bond motifs is 1. The predicted molar refractivity (Wildman–Crippen MR) is 92.5 cm³/mol. The van der Waals surface area contributed by atoms with Gasteiger partial charge in [0.15, 0.2) is 6.61 Å². The molecule has 2 amide bonds. The Hall–Kier alpha value is -2.42. The number of methoxy groups -OCH3 is 1. The third kappa shape index (κ3) is 2.86. The minimum absolute atomic E-state index is 0.267. The molecule has 0 spiro atoms. The zero-order chi connectivity index (χ0) is 19.1. The molecular weight excluding hydrogens is 360 g/mol. The second-order valence-corrected chi connectivity index (χ2v) is 8.74. The Morgan fingerprint density at radius 3 is 2.54 bits per heavy atom. The highest BCUT2D eigenvalue weighted by atomic mass is 32.2. The van der Waals surface area contributed by atoms with Crippen molar-refractivity contribution in [3.63, 3.8) is 0 Å². The standard InChI is InChI=1S/C17H20N2O6S/c1-17(2)13(16(22)24-3)19-14(21)12(15(19)26(17)23)18-11(20)9-25-10-7-5-4-6-8-10/h4-8,12-13,15H,9H2,1-3H3,(H,18,20)/t12-,13+,15-,26?/m1/s1. The Labute approximate surface area is 153 Å². The first-order chi connectivity index (χ1) is 12.3. The van der Waals surface area contributed by atoms with Crippen LogP contribution in [0.4, 0.5) is 0 Å². The second kappa shape index (κ2) is 6.71. The van der Waals surface area contributed by atoms with E-state index in [0.29, 0.717) is 5.75 Å². The molecule has 0 radical (unpaired) electrons. The first-order valence-corrected chi connectivity index (χ1v) is 9.28. The second-order valence-electron chi connectivity index (χ2n) is 6.61. The van der Waals surface area contributed by atoms with Crippen LogP contribution in [0.15, 0.2) is 30.3 Å². The maximum Gasteiger partial charge on any atom is 0.330 e. The fourth-order valence-corrected chi connectivity index (χ4v) is 5.18. The van der Waals surface area contributed by atoms with E-state index in [9.17, 15) is 18.6 Å². The highest BCUT2D eigenvalue weighted by Gasteiger charge is 2.68. The predicted octanol–water partition coefficient (Wildman–Crippen LogP) is -0.199. The van der Waals surface area contributed by atoms with Gasteiger partial charge in [-0.15, -0.1) is 0 Å². The number of carbonyl (C=O) groups excluding carboxylic acids is 3. The molecule has 2 saturated heterocycles. The number of hydrogen-bond acceptors (Lipinski definition) is 6. The van der Waals surface area contributed by atoms with E-state index in [1.54, 1.807) is 38.1 Å². The van der Waals surface area contributed by atoms with Crippen LogP contribution in [0.2, 0.25) is 0 Å². The molecule has 0 aromatic heterocycles. The largest absolute Gasteiger partial charge is 0.484 e. The number of amides is 2. The van der Waals surface area contributed by atoms with Crippen molar-refractivity contribution in [3.05, 3.63) is 30.3 Å². The van der Waals surface area contributed by atoms with Crippen LogP contribution >= 0.6 is 0 Å². The summed E-state index contributed by atoms with van der Waals surface area (Å²) in [4.78, 5) is 37.8. The van der Waals surface area contributed by atoms with Crippen LogP contribution in [0.3, 0.4) is 0 Å². The monoisotopic (exact) mass is 380 g/mol. The van der Waals surface area contributed by atoms with Gasteiger partial charge in [0.1, 0.15) is 23.2 Å². The van der Waals surface area contributed by atoms with Crippen LogP contribution in [0.1, 0.15) is 13.8 Å². The van der Waals surface area contributed by atoms with E-state index in [2.05, 4.69) is 5.32 Å². The van der Waals surface area contributed by atoms with Crippen LogP contribution in [0.5, 0.6) is 5.75 Å². The quantitative estimate of drug-likeness (QED) is 0.561. The van der Waals surface area contributed by atoms with E-state index in [1.165, 1.54) is 12.0 Å². The third-order valence-corrected chi connectivity index (χ3v) is 6.81. The molecule has 2 aliphatic heterocycles. The number of rotatable bonds is 5. The molecule has 0 saturated carbocycles. The Morgan fingerprint density at radius 1 is 1.27 bits per heavy atom. The summed E-state index contributed by atoms with van der Waals surface area (Å²) in [5, 5.41) is 1.81. The Bertz CT molecular complexity index is 766. The lowest BCUT2D eigenvalue weighted by Crippen LogP contribution is -2.71. The molecular formula is C17H20N2O6S. The Balaban J connectivity index is 1.66. The number of para-hydroxylation sites is 1. The Morgan fingerprint density at radius 2 is 1.92 bits per heavy atom. The van der Waals surface area contributed by atoms with Gasteiger partial charge in [0, 0.05) is 0 Å². The van der Waals surface area contributed by atoms with E-state index in [-0.39, 0.29) is 6.61 Å². The molecule has 2 heterocycles. The zero-order valence-electron chi connectivity index (χ0n) is 14.6. The zero-order valence-corrected chi connectivity index (χ0v) is 15.4. The van der Waals surface area contributed by atoms with Crippen molar-refractivity contribution in [1.29, 1.82) is 0 Å². The average molecular weight is 380 g/mol. The molecule has 0 aliphatic carbocycles. The maximum absolute atomic E-state index is 12.8. The molecule has 0 bridgehead atoms. The van der Waals surface area contributed by atoms with Crippen LogP contribution in [0, 0.1) is 0 Å². The van der Waals surface area contributed by atoms with Gasteiger partial charge in [-0.05, 0) is 26.0 Å². The number of nitrogens with zero attached hydrogens (tertiary/aromatic N) is 1. The average Bonchev–Trinajstić information content (AvgIpc) is 2.82. The lowest BCUT2D eigenvalue weighted by atomic mass is 9.96. The Kier molecular flexibility index (Phi) is 4.74. The number of β-lactam (4-membered cyclic amide) rings is 1. The topological polar surface area (TPSA) is 102 Å². The van der Waals surface area contributed by atoms with Crippen molar-refractivity contribution in [2.45, 2.75) is 36.1 Å². The molecule has 26 heavy (non-hydrogen) atoms. The number of esters is 1. The number of carbonyl (C=O) groups is 3. The summed E-state index contributed by atoms with van der Waals surface area (Å²) in [7, 11) is -0.311. The van der Waals surface area contributed by atoms with Crippen LogP contribution in [-0.4, -0.2) is 62.8 Å². The number of benzene rings is 1. The van der Waals surface area contributed by atoms with Gasteiger partial charge in [-0.2, -0.15) is 0 Å². The fourth-order valence-electron chi connectivity index (χ4n) is 3.27. The van der Waals surface area contributed by atoms with Gasteiger partial charge >= 0.3 is 5.97 Å². The molecule has 9 heteroatoms. The van der Waals surface area contributed by atoms with Gasteiger partial charge in [0.2, 0.25) is 5.91 Å². The third-order valence-electron chi connectivity index (χ3n) is 4.61. The summed E-state index contributed by atoms with van der Waals surface area (Å²) in [6, 6.07) is 6.92. The van der Waals surface area contributed by atoms with Crippen molar-refractivity contribution >= 4 is 28.6 Å². The molecule has 1 unspecified atom stereocenters. The summed E-state index contributed by atoms with van der Waals surface area (Å²) in [6.07, 6.45) is 0. The minimum atomic E-state index is -1.53. The highest BCUT2D eigenvalue weighted by Crippen LogP contribution is 2.43. The minimum Gasteiger partial charge on any atom is -0.484 e.